The number of nitrogens with zero attached hydrogens (tertiary/aromatic N) is 3. The van der Waals surface area contributed by atoms with E-state index in [1.807, 2.05) is 12.3 Å². The van der Waals surface area contributed by atoms with E-state index in [2.05, 4.69) is 47.2 Å². The van der Waals surface area contributed by atoms with Crippen molar-refractivity contribution in [3.05, 3.63) is 62.7 Å². The van der Waals surface area contributed by atoms with Gasteiger partial charge in [0, 0.05) is 36.9 Å². The number of nitrogens with one attached hydrogen (secondary N) is 1. The van der Waals surface area contributed by atoms with Crippen LogP contribution in [0.2, 0.25) is 0 Å². The molecule has 3 heterocycles. The highest BCUT2D eigenvalue weighted by atomic mass is 32.1. The van der Waals surface area contributed by atoms with E-state index in [0.29, 0.717) is 37.8 Å². The smallest absolute Gasteiger partial charge is 0.338 e. The zero-order valence-corrected chi connectivity index (χ0v) is 19.0. The molecule has 8 heteroatoms. The Balaban J connectivity index is 1.81. The molecule has 1 N–H and O–H groups in total. The van der Waals surface area contributed by atoms with Crippen LogP contribution in [0.4, 0.5) is 0 Å². The Morgan fingerprint density at radius 3 is 2.81 bits per heavy atom. The van der Waals surface area contributed by atoms with E-state index in [9.17, 15) is 4.79 Å². The molecule has 1 atom stereocenters. The van der Waals surface area contributed by atoms with Crippen molar-refractivity contribution in [1.29, 1.82) is 0 Å². The molecule has 0 aliphatic carbocycles. The minimum absolute atomic E-state index is 0.315. The zero-order chi connectivity index (χ0) is 21.8. The molecule has 1 aromatic heterocycles. The summed E-state index contributed by atoms with van der Waals surface area (Å²) in [5.41, 5.74) is 4.67. The van der Waals surface area contributed by atoms with Crippen molar-refractivity contribution in [2.45, 2.75) is 26.8 Å². The topological polar surface area (TPSA) is 76.0 Å². The maximum Gasteiger partial charge on any atom is 0.338 e. The van der Waals surface area contributed by atoms with Gasteiger partial charge in [-0.3, -0.25) is 9.89 Å². The lowest BCUT2D eigenvalue weighted by Crippen LogP contribution is -2.43. The molecule has 0 saturated carbocycles. The number of aryl methyl sites for hydroxylation is 2. The van der Waals surface area contributed by atoms with E-state index in [-0.39, 0.29) is 5.97 Å². The number of amidine groups is 1. The number of ether oxygens (including phenoxy) is 2. The molecule has 31 heavy (non-hydrogen) atoms. The van der Waals surface area contributed by atoms with Crippen molar-refractivity contribution < 1.29 is 14.3 Å². The molecule has 0 radical (unpaired) electrons. The monoisotopic (exact) mass is 440 g/mol. The summed E-state index contributed by atoms with van der Waals surface area (Å²) in [6.45, 7) is 9.89. The van der Waals surface area contributed by atoms with Crippen LogP contribution in [0, 0.1) is 13.8 Å². The molecule has 2 aliphatic heterocycles. The molecular weight excluding hydrogens is 412 g/mol. The predicted molar refractivity (Wildman–Crippen MR) is 121 cm³/mol. The number of hydrogen-bond donors (Lipinski definition) is 1. The molecular formula is C23H28N4O3S. The van der Waals surface area contributed by atoms with Gasteiger partial charge in [0.05, 0.1) is 25.4 Å². The van der Waals surface area contributed by atoms with Gasteiger partial charge in [-0.2, -0.15) is 0 Å². The molecule has 164 valence electrons. The average molecular weight is 441 g/mol. The van der Waals surface area contributed by atoms with E-state index in [4.69, 9.17) is 14.5 Å². The van der Waals surface area contributed by atoms with Crippen molar-refractivity contribution in [1.82, 2.24) is 15.2 Å². The van der Waals surface area contributed by atoms with Crippen molar-refractivity contribution in [2.24, 2.45) is 4.99 Å². The molecule has 7 nitrogen and oxygen atoms in total. The number of aliphatic imine (C=N–C) groups is 1. The molecule has 0 bridgehead atoms. The second kappa shape index (κ2) is 9.72. The lowest BCUT2D eigenvalue weighted by atomic mass is 9.91. The Morgan fingerprint density at radius 2 is 2.13 bits per heavy atom. The van der Waals surface area contributed by atoms with Gasteiger partial charge in [-0.05, 0) is 31.9 Å². The van der Waals surface area contributed by atoms with Crippen molar-refractivity contribution in [3.8, 4) is 0 Å². The van der Waals surface area contributed by atoms with E-state index in [0.717, 1.165) is 34.9 Å². The largest absolute Gasteiger partial charge is 0.463 e. The fraction of sp³-hybridized carbons (Fsp3) is 0.435. The molecule has 4 rings (SSSR count). The summed E-state index contributed by atoms with van der Waals surface area (Å²) in [5.74, 6) is 0.362. The van der Waals surface area contributed by atoms with Crippen LogP contribution in [0.3, 0.4) is 0 Å². The van der Waals surface area contributed by atoms with Crippen molar-refractivity contribution in [2.75, 3.05) is 39.5 Å². The van der Waals surface area contributed by atoms with Crippen LogP contribution in [-0.2, 0) is 14.3 Å². The second-order valence-corrected chi connectivity index (χ2v) is 8.60. The Kier molecular flexibility index (Phi) is 6.80. The minimum atomic E-state index is -0.448. The number of hydrogen-bond acceptors (Lipinski definition) is 8. The first-order valence-corrected chi connectivity index (χ1v) is 11.5. The molecule has 0 spiro atoms. The van der Waals surface area contributed by atoms with E-state index >= 15 is 0 Å². The van der Waals surface area contributed by atoms with E-state index in [1.165, 1.54) is 16.9 Å². The fourth-order valence-electron chi connectivity index (χ4n) is 3.96. The fourth-order valence-corrected chi connectivity index (χ4v) is 4.55. The number of benzene rings is 1. The van der Waals surface area contributed by atoms with Gasteiger partial charge in [-0.25, -0.2) is 9.78 Å². The number of aromatic nitrogens is 1. The summed E-state index contributed by atoms with van der Waals surface area (Å²) < 4.78 is 11.0. The lowest BCUT2D eigenvalue weighted by molar-refractivity contribution is -0.139. The lowest BCUT2D eigenvalue weighted by Gasteiger charge is -2.32. The molecule has 2 aliphatic rings. The van der Waals surface area contributed by atoms with Crippen LogP contribution in [0.5, 0.6) is 0 Å². The van der Waals surface area contributed by atoms with Gasteiger partial charge < -0.3 is 14.8 Å². The number of thiazole rings is 1. The van der Waals surface area contributed by atoms with E-state index < -0.39 is 6.04 Å². The van der Waals surface area contributed by atoms with Gasteiger partial charge >= 0.3 is 5.97 Å². The maximum absolute atomic E-state index is 13.2. The zero-order valence-electron chi connectivity index (χ0n) is 18.2. The van der Waals surface area contributed by atoms with Crippen LogP contribution in [0.15, 0.2) is 46.0 Å². The van der Waals surface area contributed by atoms with Crippen molar-refractivity contribution >= 4 is 23.1 Å². The molecule has 1 aromatic carbocycles. The Morgan fingerprint density at radius 1 is 1.32 bits per heavy atom. The predicted octanol–water partition coefficient (Wildman–Crippen LogP) is 3.00. The quantitative estimate of drug-likeness (QED) is 0.696. The van der Waals surface area contributed by atoms with Gasteiger partial charge in [-0.1, -0.05) is 23.8 Å². The van der Waals surface area contributed by atoms with Gasteiger partial charge in [0.2, 0.25) is 0 Å². The average Bonchev–Trinajstić information content (AvgIpc) is 3.29. The Bertz CT molecular complexity index is 994. The standard InChI is InChI=1S/C23H28N4O3S/c1-4-30-23(28)19-18(14-27-8-10-29-11-9-27)25-21(22-24-7-12-31-22)26-20(19)17-6-5-15(2)13-16(17)3/h5-7,12-13,20H,4,8-11,14H2,1-3H3,(H,25,26). The first-order valence-electron chi connectivity index (χ1n) is 10.6. The summed E-state index contributed by atoms with van der Waals surface area (Å²) in [6, 6.07) is 5.80. The van der Waals surface area contributed by atoms with Crippen LogP contribution in [-0.4, -0.2) is 61.1 Å². The summed E-state index contributed by atoms with van der Waals surface area (Å²) >= 11 is 1.52. The van der Waals surface area contributed by atoms with Gasteiger partial charge in [0.25, 0.3) is 0 Å². The Hall–Kier alpha value is -2.55. The third-order valence-corrected chi connectivity index (χ3v) is 6.24. The number of esters is 1. The first-order chi connectivity index (χ1) is 15.1. The van der Waals surface area contributed by atoms with Crippen LogP contribution < -0.4 is 5.32 Å². The van der Waals surface area contributed by atoms with Crippen LogP contribution >= 0.6 is 11.3 Å². The van der Waals surface area contributed by atoms with Gasteiger partial charge in [0.15, 0.2) is 10.8 Å². The number of rotatable bonds is 6. The minimum Gasteiger partial charge on any atom is -0.463 e. The highest BCUT2D eigenvalue weighted by Crippen LogP contribution is 2.35. The number of morpholine rings is 1. The highest BCUT2D eigenvalue weighted by Gasteiger charge is 2.34. The highest BCUT2D eigenvalue weighted by molar-refractivity contribution is 7.11. The summed E-state index contributed by atoms with van der Waals surface area (Å²) in [7, 11) is 0. The summed E-state index contributed by atoms with van der Waals surface area (Å²) in [4.78, 5) is 24.9. The molecule has 1 saturated heterocycles. The molecule has 2 aromatic rings. The normalized spacial score (nSPS) is 19.7. The third-order valence-electron chi connectivity index (χ3n) is 5.46. The van der Waals surface area contributed by atoms with Gasteiger partial charge in [-0.15, -0.1) is 11.3 Å². The third kappa shape index (κ3) is 4.87. The molecule has 1 unspecified atom stereocenters. The molecule has 0 amide bonds. The molecule has 1 fully saturated rings. The number of carbonyl (C=O) groups is 1. The summed E-state index contributed by atoms with van der Waals surface area (Å²) in [5, 5.41) is 6.15. The maximum atomic E-state index is 13.2. The Labute approximate surface area is 186 Å². The SMILES string of the molecule is CCOC(=O)C1=C(CN2CCOCC2)NC(c2nccs2)=NC1c1ccc(C)cc1C. The first kappa shape index (κ1) is 21.7. The van der Waals surface area contributed by atoms with Crippen LogP contribution in [0.25, 0.3) is 0 Å². The van der Waals surface area contributed by atoms with Crippen molar-refractivity contribution in [3.63, 3.8) is 0 Å². The van der Waals surface area contributed by atoms with Gasteiger partial charge in [0.1, 0.15) is 6.04 Å². The van der Waals surface area contributed by atoms with Crippen LogP contribution in [0.1, 0.15) is 34.7 Å². The summed E-state index contributed by atoms with van der Waals surface area (Å²) in [6.07, 6.45) is 1.77. The second-order valence-electron chi connectivity index (χ2n) is 7.70. The number of carbonyl (C=O) groups excluding carboxylic acids is 1. The van der Waals surface area contributed by atoms with E-state index in [1.54, 1.807) is 6.20 Å².